The minimum Gasteiger partial charge on any atom is -0.481 e. The van der Waals surface area contributed by atoms with Crippen LogP contribution in [-0.4, -0.2) is 38.5 Å². The first kappa shape index (κ1) is 15.7. The summed E-state index contributed by atoms with van der Waals surface area (Å²) in [6, 6.07) is 7.88. The Kier molecular flexibility index (Phi) is 4.35. The number of rotatable bonds is 4. The van der Waals surface area contributed by atoms with Crippen LogP contribution in [0.1, 0.15) is 16.8 Å². The SMILES string of the molecule is COc1ncccc1CN1CCc2nc(-c3ccncc3)ncc2C1. The van der Waals surface area contributed by atoms with Crippen molar-refractivity contribution >= 4 is 0 Å². The molecule has 0 fully saturated rings. The van der Waals surface area contributed by atoms with Crippen molar-refractivity contribution in [1.82, 2.24) is 24.8 Å². The zero-order chi connectivity index (χ0) is 17.1. The Morgan fingerprint density at radius 2 is 2.00 bits per heavy atom. The fraction of sp³-hybridized carbons (Fsp3) is 0.263. The summed E-state index contributed by atoms with van der Waals surface area (Å²) in [6.07, 6.45) is 8.15. The largest absolute Gasteiger partial charge is 0.481 e. The first-order valence-electron chi connectivity index (χ1n) is 8.29. The van der Waals surface area contributed by atoms with Crippen LogP contribution in [-0.2, 0) is 19.5 Å². The number of fused-ring (bicyclic) bond motifs is 1. The molecule has 6 heteroatoms. The Bertz CT molecular complexity index is 869. The maximum Gasteiger partial charge on any atom is 0.217 e. The van der Waals surface area contributed by atoms with Gasteiger partial charge in [0.2, 0.25) is 5.88 Å². The van der Waals surface area contributed by atoms with Crippen LogP contribution < -0.4 is 4.74 Å². The molecule has 0 unspecified atom stereocenters. The van der Waals surface area contributed by atoms with Gasteiger partial charge in [-0.1, -0.05) is 6.07 Å². The average molecular weight is 333 g/mol. The molecule has 126 valence electrons. The van der Waals surface area contributed by atoms with Crippen LogP contribution in [0, 0.1) is 0 Å². The van der Waals surface area contributed by atoms with Crippen molar-refractivity contribution < 1.29 is 4.74 Å². The van der Waals surface area contributed by atoms with Crippen LogP contribution in [0.3, 0.4) is 0 Å². The van der Waals surface area contributed by atoms with E-state index >= 15 is 0 Å². The van der Waals surface area contributed by atoms with E-state index < -0.39 is 0 Å². The summed E-state index contributed by atoms with van der Waals surface area (Å²) in [5, 5.41) is 0. The zero-order valence-electron chi connectivity index (χ0n) is 14.1. The lowest BCUT2D eigenvalue weighted by Crippen LogP contribution is -2.31. The molecule has 0 amide bonds. The zero-order valence-corrected chi connectivity index (χ0v) is 14.1. The second-order valence-corrected chi connectivity index (χ2v) is 6.03. The third-order valence-electron chi connectivity index (χ3n) is 4.39. The molecule has 0 saturated heterocycles. The van der Waals surface area contributed by atoms with E-state index in [9.17, 15) is 0 Å². The number of pyridine rings is 2. The molecule has 3 aromatic rings. The van der Waals surface area contributed by atoms with Crippen molar-refractivity contribution in [3.8, 4) is 17.3 Å². The van der Waals surface area contributed by atoms with Crippen LogP contribution in [0.5, 0.6) is 5.88 Å². The van der Waals surface area contributed by atoms with Crippen molar-refractivity contribution in [2.45, 2.75) is 19.5 Å². The van der Waals surface area contributed by atoms with Gasteiger partial charge in [0.05, 0.1) is 12.8 Å². The van der Waals surface area contributed by atoms with Crippen LogP contribution in [0.4, 0.5) is 0 Å². The van der Waals surface area contributed by atoms with E-state index in [4.69, 9.17) is 9.72 Å². The Morgan fingerprint density at radius 3 is 2.84 bits per heavy atom. The van der Waals surface area contributed by atoms with Gasteiger partial charge in [-0.3, -0.25) is 9.88 Å². The van der Waals surface area contributed by atoms with Gasteiger partial charge in [-0.15, -0.1) is 0 Å². The fourth-order valence-electron chi connectivity index (χ4n) is 3.12. The quantitative estimate of drug-likeness (QED) is 0.731. The average Bonchev–Trinajstić information content (AvgIpc) is 2.68. The minimum absolute atomic E-state index is 0.692. The lowest BCUT2D eigenvalue weighted by molar-refractivity contribution is 0.238. The van der Waals surface area contributed by atoms with Gasteiger partial charge in [-0.05, 0) is 18.2 Å². The molecule has 6 nitrogen and oxygen atoms in total. The van der Waals surface area contributed by atoms with Gasteiger partial charge in [0.1, 0.15) is 0 Å². The molecule has 3 aromatic heterocycles. The van der Waals surface area contributed by atoms with Crippen LogP contribution >= 0.6 is 0 Å². The van der Waals surface area contributed by atoms with Gasteiger partial charge in [0.15, 0.2) is 5.82 Å². The third-order valence-corrected chi connectivity index (χ3v) is 4.39. The van der Waals surface area contributed by atoms with Gasteiger partial charge in [0.25, 0.3) is 0 Å². The van der Waals surface area contributed by atoms with Crippen molar-refractivity contribution in [3.05, 3.63) is 65.9 Å². The molecular weight excluding hydrogens is 314 g/mol. The first-order valence-corrected chi connectivity index (χ1v) is 8.29. The van der Waals surface area contributed by atoms with Gasteiger partial charge in [-0.2, -0.15) is 0 Å². The van der Waals surface area contributed by atoms with Crippen LogP contribution in [0.2, 0.25) is 0 Å². The number of methoxy groups -OCH3 is 1. The van der Waals surface area contributed by atoms with E-state index in [1.54, 1.807) is 25.7 Å². The second-order valence-electron chi connectivity index (χ2n) is 6.03. The van der Waals surface area contributed by atoms with Crippen molar-refractivity contribution in [1.29, 1.82) is 0 Å². The molecule has 1 aliphatic heterocycles. The summed E-state index contributed by atoms with van der Waals surface area (Å²) in [5.74, 6) is 1.46. The summed E-state index contributed by atoms with van der Waals surface area (Å²) in [6.45, 7) is 2.60. The second kappa shape index (κ2) is 6.94. The number of aromatic nitrogens is 4. The third kappa shape index (κ3) is 3.34. The van der Waals surface area contributed by atoms with Crippen molar-refractivity contribution in [3.63, 3.8) is 0 Å². The van der Waals surface area contributed by atoms with E-state index in [0.717, 1.165) is 48.7 Å². The van der Waals surface area contributed by atoms with E-state index in [0.29, 0.717) is 5.88 Å². The molecule has 4 heterocycles. The van der Waals surface area contributed by atoms with Crippen LogP contribution in [0.25, 0.3) is 11.4 Å². The van der Waals surface area contributed by atoms with E-state index in [2.05, 4.69) is 25.9 Å². The molecule has 0 saturated carbocycles. The number of hydrogen-bond donors (Lipinski definition) is 0. The molecule has 25 heavy (non-hydrogen) atoms. The predicted octanol–water partition coefficient (Wildman–Crippen LogP) is 2.50. The van der Waals surface area contributed by atoms with E-state index in [-0.39, 0.29) is 0 Å². The topological polar surface area (TPSA) is 64.0 Å². The lowest BCUT2D eigenvalue weighted by Gasteiger charge is -2.28. The highest BCUT2D eigenvalue weighted by Crippen LogP contribution is 2.23. The van der Waals surface area contributed by atoms with Gasteiger partial charge in [-0.25, -0.2) is 15.0 Å². The highest BCUT2D eigenvalue weighted by Gasteiger charge is 2.20. The molecule has 0 N–H and O–H groups in total. The smallest absolute Gasteiger partial charge is 0.217 e. The molecule has 4 rings (SSSR count). The summed E-state index contributed by atoms with van der Waals surface area (Å²) >= 11 is 0. The first-order chi connectivity index (χ1) is 12.3. The Morgan fingerprint density at radius 1 is 1.12 bits per heavy atom. The number of hydrogen-bond acceptors (Lipinski definition) is 6. The van der Waals surface area contributed by atoms with Gasteiger partial charge >= 0.3 is 0 Å². The lowest BCUT2D eigenvalue weighted by atomic mass is 10.1. The molecule has 0 atom stereocenters. The fourth-order valence-corrected chi connectivity index (χ4v) is 3.12. The predicted molar refractivity (Wildman–Crippen MR) is 93.9 cm³/mol. The molecule has 0 spiro atoms. The number of ether oxygens (including phenoxy) is 1. The molecule has 0 aromatic carbocycles. The summed E-state index contributed by atoms with van der Waals surface area (Å²) in [5.41, 5.74) is 4.42. The van der Waals surface area contributed by atoms with Gasteiger partial charge in [0, 0.05) is 67.5 Å². The maximum atomic E-state index is 5.35. The maximum absolute atomic E-state index is 5.35. The Hall–Kier alpha value is -2.86. The summed E-state index contributed by atoms with van der Waals surface area (Å²) in [4.78, 5) is 20.0. The molecular formula is C19H19N5O. The Balaban J connectivity index is 1.52. The number of nitrogens with zero attached hydrogens (tertiary/aromatic N) is 5. The van der Waals surface area contributed by atoms with Crippen molar-refractivity contribution in [2.75, 3.05) is 13.7 Å². The monoisotopic (exact) mass is 333 g/mol. The van der Waals surface area contributed by atoms with Crippen LogP contribution in [0.15, 0.2) is 49.1 Å². The highest BCUT2D eigenvalue weighted by molar-refractivity contribution is 5.54. The van der Waals surface area contributed by atoms with E-state index in [1.807, 2.05) is 24.4 Å². The van der Waals surface area contributed by atoms with Crippen molar-refractivity contribution in [2.24, 2.45) is 0 Å². The minimum atomic E-state index is 0.692. The molecule has 0 bridgehead atoms. The van der Waals surface area contributed by atoms with Gasteiger partial charge < -0.3 is 4.74 Å². The Labute approximate surface area is 146 Å². The molecule has 1 aliphatic rings. The summed E-state index contributed by atoms with van der Waals surface area (Å²) < 4.78 is 5.35. The normalized spacial score (nSPS) is 14.1. The standard InChI is InChI=1S/C19H19N5O/c1-25-19-15(3-2-7-21-19)12-24-10-6-17-16(13-24)11-22-18(23-17)14-4-8-20-9-5-14/h2-5,7-9,11H,6,10,12-13H2,1H3. The highest BCUT2D eigenvalue weighted by atomic mass is 16.5. The summed E-state index contributed by atoms with van der Waals surface area (Å²) in [7, 11) is 1.66. The molecule has 0 radical (unpaired) electrons. The molecule has 0 aliphatic carbocycles. The van der Waals surface area contributed by atoms with E-state index in [1.165, 1.54) is 5.56 Å².